The van der Waals surface area contributed by atoms with Gasteiger partial charge in [0.15, 0.2) is 8.07 Å². The fourth-order valence-corrected chi connectivity index (χ4v) is 15.7. The van der Waals surface area contributed by atoms with Gasteiger partial charge in [0.1, 0.15) is 0 Å². The first kappa shape index (κ1) is 38.8. The van der Waals surface area contributed by atoms with Gasteiger partial charge in [-0.3, -0.25) is 0 Å². The number of para-hydroxylation sites is 4. The number of benzene rings is 8. The summed E-state index contributed by atoms with van der Waals surface area (Å²) in [5.41, 5.74) is 15.8. The summed E-state index contributed by atoms with van der Waals surface area (Å²) in [5.74, 6) is 1.15. The highest BCUT2D eigenvalue weighted by atomic mass is 28.3. The highest BCUT2D eigenvalue weighted by Crippen LogP contribution is 2.42. The molecule has 8 aromatic rings. The molecule has 10 rings (SSSR count). The van der Waals surface area contributed by atoms with E-state index in [1.165, 1.54) is 87.9 Å². The summed E-state index contributed by atoms with van der Waals surface area (Å²) in [4.78, 5) is 5.07. The molecule has 8 aromatic carbocycles. The second-order valence-electron chi connectivity index (χ2n) is 17.8. The van der Waals surface area contributed by atoms with Crippen LogP contribution in [0.3, 0.4) is 0 Å². The van der Waals surface area contributed by atoms with E-state index in [9.17, 15) is 0 Å². The van der Waals surface area contributed by atoms with Crippen molar-refractivity contribution in [3.05, 3.63) is 211 Å². The van der Waals surface area contributed by atoms with Gasteiger partial charge in [0, 0.05) is 34.1 Å². The molecule has 0 aromatic heterocycles. The molecule has 61 heavy (non-hydrogen) atoms. The topological polar surface area (TPSA) is 6.48 Å². The van der Waals surface area contributed by atoms with Crippen molar-refractivity contribution in [3.63, 3.8) is 0 Å². The molecule has 0 aliphatic carbocycles. The van der Waals surface area contributed by atoms with Crippen molar-refractivity contribution in [1.82, 2.24) is 0 Å². The average molecular weight is 805 g/mol. The zero-order chi connectivity index (χ0) is 41.8. The zero-order valence-electron chi connectivity index (χ0n) is 36.2. The monoisotopic (exact) mass is 804 g/mol. The largest absolute Gasteiger partial charge is 0.312 e. The number of nitrogens with zero attached hydrogens (tertiary/aromatic N) is 2. The summed E-state index contributed by atoms with van der Waals surface area (Å²) in [6.07, 6.45) is 0. The van der Waals surface area contributed by atoms with Crippen molar-refractivity contribution in [2.75, 3.05) is 9.80 Å². The molecule has 0 N–H and O–H groups in total. The number of rotatable bonds is 8. The SMILES string of the molecule is CC(C)c1cc(C(C)C)c(B2c3ccccc3N(c3ccccc3)c3ccc(N4c5ccccc5[Si](c5ccccc5)(c5ccccc5)c5ccccc54)cc32)c(C(C)C)c1. The predicted molar refractivity (Wildman–Crippen MR) is 266 cm³/mol. The second-order valence-corrected chi connectivity index (χ2v) is 21.6. The van der Waals surface area contributed by atoms with Gasteiger partial charge in [0.25, 0.3) is 0 Å². The van der Waals surface area contributed by atoms with Crippen LogP contribution in [0.5, 0.6) is 0 Å². The fraction of sp³-hybridized carbons (Fsp3) is 0.158. The van der Waals surface area contributed by atoms with Crippen LogP contribution < -0.4 is 46.9 Å². The van der Waals surface area contributed by atoms with Crippen LogP contribution in [-0.4, -0.2) is 14.8 Å². The molecule has 298 valence electrons. The van der Waals surface area contributed by atoms with Crippen molar-refractivity contribution in [2.45, 2.75) is 59.3 Å². The molecule has 0 saturated carbocycles. The molecule has 0 saturated heterocycles. The minimum atomic E-state index is -2.75. The minimum Gasteiger partial charge on any atom is -0.312 e. The first-order valence-corrected chi connectivity index (χ1v) is 24.1. The Balaban J connectivity index is 1.28. The summed E-state index contributed by atoms with van der Waals surface area (Å²) < 4.78 is 0. The van der Waals surface area contributed by atoms with E-state index in [1.54, 1.807) is 0 Å². The molecule has 2 aliphatic rings. The number of hydrogen-bond acceptors (Lipinski definition) is 2. The highest BCUT2D eigenvalue weighted by Gasteiger charge is 2.49. The third kappa shape index (κ3) is 6.22. The van der Waals surface area contributed by atoms with E-state index in [4.69, 9.17) is 0 Å². The maximum Gasteiger partial charge on any atom is 0.247 e. The molecule has 0 atom stereocenters. The Morgan fingerprint density at radius 1 is 0.377 bits per heavy atom. The van der Waals surface area contributed by atoms with Crippen molar-refractivity contribution in [1.29, 1.82) is 0 Å². The van der Waals surface area contributed by atoms with Crippen molar-refractivity contribution in [3.8, 4) is 0 Å². The second kappa shape index (κ2) is 15.6. The Morgan fingerprint density at radius 3 is 1.34 bits per heavy atom. The van der Waals surface area contributed by atoms with E-state index in [0.29, 0.717) is 17.8 Å². The van der Waals surface area contributed by atoms with Crippen molar-refractivity contribution >= 4 is 86.0 Å². The van der Waals surface area contributed by atoms with Gasteiger partial charge in [0.05, 0.1) is 0 Å². The molecule has 2 nitrogen and oxygen atoms in total. The summed E-state index contributed by atoms with van der Waals surface area (Å²) in [7, 11) is -2.75. The molecule has 0 radical (unpaired) electrons. The van der Waals surface area contributed by atoms with E-state index >= 15 is 0 Å². The van der Waals surface area contributed by atoms with Crippen molar-refractivity contribution < 1.29 is 0 Å². The third-order valence-corrected chi connectivity index (χ3v) is 18.2. The summed E-state index contributed by atoms with van der Waals surface area (Å²) in [6.45, 7) is 14.2. The van der Waals surface area contributed by atoms with Gasteiger partial charge in [-0.2, -0.15) is 0 Å². The summed E-state index contributed by atoms with van der Waals surface area (Å²) in [5, 5.41) is 5.61. The first-order valence-electron chi connectivity index (χ1n) is 22.1. The van der Waals surface area contributed by atoms with Crippen LogP contribution in [0.1, 0.15) is 76.0 Å². The Bertz CT molecular complexity index is 2750. The fourth-order valence-electron chi connectivity index (χ4n) is 10.5. The van der Waals surface area contributed by atoms with Crippen LogP contribution in [0, 0.1) is 0 Å². The maximum absolute atomic E-state index is 2.75. The lowest BCUT2D eigenvalue weighted by Gasteiger charge is -2.45. The molecule has 0 amide bonds. The van der Waals surface area contributed by atoms with Crippen LogP contribution in [0.25, 0.3) is 0 Å². The predicted octanol–water partition coefficient (Wildman–Crippen LogP) is 10.5. The van der Waals surface area contributed by atoms with Crippen LogP contribution in [0.15, 0.2) is 194 Å². The minimum absolute atomic E-state index is 0.0273. The van der Waals surface area contributed by atoms with Crippen LogP contribution in [0.2, 0.25) is 0 Å². The number of anilines is 6. The Hall–Kier alpha value is -6.36. The van der Waals surface area contributed by atoms with Gasteiger partial charge in [-0.1, -0.05) is 193 Å². The first-order chi connectivity index (χ1) is 29.8. The molecule has 2 heterocycles. The van der Waals surface area contributed by atoms with E-state index < -0.39 is 8.07 Å². The summed E-state index contributed by atoms with van der Waals surface area (Å²) in [6, 6.07) is 73.6. The lowest BCUT2D eigenvalue weighted by atomic mass is 9.33. The third-order valence-electron chi connectivity index (χ3n) is 13.3. The van der Waals surface area contributed by atoms with Crippen LogP contribution in [-0.2, 0) is 0 Å². The van der Waals surface area contributed by atoms with Gasteiger partial charge in [-0.05, 0) is 115 Å². The van der Waals surface area contributed by atoms with E-state index in [0.717, 1.165) is 0 Å². The van der Waals surface area contributed by atoms with E-state index in [-0.39, 0.29) is 6.71 Å². The van der Waals surface area contributed by atoms with Gasteiger partial charge in [-0.25, -0.2) is 0 Å². The molecule has 2 aliphatic heterocycles. The number of hydrogen-bond donors (Lipinski definition) is 0. The van der Waals surface area contributed by atoms with Gasteiger partial charge in [-0.15, -0.1) is 0 Å². The normalized spacial score (nSPS) is 13.9. The average Bonchev–Trinajstić information content (AvgIpc) is 3.30. The van der Waals surface area contributed by atoms with Gasteiger partial charge in [0.2, 0.25) is 6.71 Å². The van der Waals surface area contributed by atoms with Gasteiger partial charge >= 0.3 is 0 Å². The quantitative estimate of drug-likeness (QED) is 0.141. The lowest BCUT2D eigenvalue weighted by molar-refractivity contribution is 0.812. The maximum atomic E-state index is 2.57. The molecular formula is C57H53BN2Si. The molecule has 0 bridgehead atoms. The Labute approximate surface area is 364 Å². The van der Waals surface area contributed by atoms with E-state index in [1.807, 2.05) is 0 Å². The molecular weight excluding hydrogens is 752 g/mol. The smallest absolute Gasteiger partial charge is 0.247 e. The van der Waals surface area contributed by atoms with Crippen LogP contribution >= 0.6 is 0 Å². The summed E-state index contributed by atoms with van der Waals surface area (Å²) >= 11 is 0. The zero-order valence-corrected chi connectivity index (χ0v) is 37.2. The Kier molecular flexibility index (Phi) is 9.92. The van der Waals surface area contributed by atoms with Crippen LogP contribution in [0.4, 0.5) is 34.1 Å². The van der Waals surface area contributed by atoms with E-state index in [2.05, 4.69) is 245 Å². The molecule has 0 unspecified atom stereocenters. The number of fused-ring (bicyclic) bond motifs is 4. The Morgan fingerprint density at radius 2 is 0.820 bits per heavy atom. The van der Waals surface area contributed by atoms with Crippen molar-refractivity contribution in [2.24, 2.45) is 0 Å². The van der Waals surface area contributed by atoms with Gasteiger partial charge < -0.3 is 9.80 Å². The standard InChI is InChI=1S/C57H53BN2Si/c1-39(2)42-36-47(40(3)4)57(48(37-42)41(5)6)58-49-28-16-17-29-51(49)59(43-22-10-7-11-23-43)52-35-34-44(38-50(52)58)60-53-30-18-20-32-55(53)61(45-24-12-8-13-25-45,46-26-14-9-15-27-46)56-33-21-19-31-54(56)60/h7-41H,1-6H3. The molecule has 0 spiro atoms. The highest BCUT2D eigenvalue weighted by molar-refractivity contribution is 7.21. The lowest BCUT2D eigenvalue weighted by Crippen LogP contribution is -2.77. The molecule has 0 fully saturated rings. The molecule has 4 heteroatoms.